The summed E-state index contributed by atoms with van der Waals surface area (Å²) in [5.41, 5.74) is 0. The maximum Gasteiger partial charge on any atom is 0.317 e. The quantitative estimate of drug-likeness (QED) is 0.713. The minimum atomic E-state index is -0.795. The summed E-state index contributed by atoms with van der Waals surface area (Å²) in [4.78, 5) is 10.1. The summed E-state index contributed by atoms with van der Waals surface area (Å²) in [6, 6.07) is 0. The predicted molar refractivity (Wildman–Crippen MR) is 48.3 cm³/mol. The summed E-state index contributed by atoms with van der Waals surface area (Å²) < 4.78 is 0. The van der Waals surface area contributed by atoms with Gasteiger partial charge in [-0.1, -0.05) is 15.9 Å². The van der Waals surface area contributed by atoms with E-state index < -0.39 is 10.8 Å². The molecule has 1 aliphatic rings. The van der Waals surface area contributed by atoms with E-state index in [0.717, 1.165) is 25.7 Å². The molecule has 12 heavy (non-hydrogen) atoms. The molecule has 0 aliphatic heterocycles. The summed E-state index contributed by atoms with van der Waals surface area (Å²) in [7, 11) is 0. The number of aliphatic hydroxyl groups excluding tert-OH is 1. The van der Waals surface area contributed by atoms with E-state index in [1.54, 1.807) is 0 Å². The van der Waals surface area contributed by atoms with E-state index in [1.165, 1.54) is 0 Å². The molecule has 2 N–H and O–H groups in total. The maximum atomic E-state index is 10.6. The number of aliphatic carboxylic acids is 1. The molecule has 3 nitrogen and oxygen atoms in total. The average Bonchev–Trinajstić information content (AvgIpc) is 2.04. The second-order valence-corrected chi connectivity index (χ2v) is 4.30. The van der Waals surface area contributed by atoms with Crippen molar-refractivity contribution in [1.82, 2.24) is 0 Å². The number of carboxylic acid groups (broad SMARTS) is 1. The molecule has 1 rings (SSSR count). The third kappa shape index (κ3) is 2.45. The van der Waals surface area contributed by atoms with Crippen LogP contribution in [-0.4, -0.2) is 27.1 Å². The SMILES string of the molecule is O=C(O)C(Br)C1CCC(O)CC1. The number of hydrogen-bond donors (Lipinski definition) is 2. The Balaban J connectivity index is 2.39. The van der Waals surface area contributed by atoms with Gasteiger partial charge in [-0.3, -0.25) is 4.79 Å². The molecule has 70 valence electrons. The monoisotopic (exact) mass is 236 g/mol. The summed E-state index contributed by atoms with van der Waals surface area (Å²) in [5.74, 6) is -0.609. The van der Waals surface area contributed by atoms with Crippen molar-refractivity contribution in [2.45, 2.75) is 36.6 Å². The van der Waals surface area contributed by atoms with Crippen molar-refractivity contribution in [3.05, 3.63) is 0 Å². The molecule has 1 saturated carbocycles. The van der Waals surface area contributed by atoms with Gasteiger partial charge in [0.15, 0.2) is 0 Å². The van der Waals surface area contributed by atoms with Crippen molar-refractivity contribution in [2.75, 3.05) is 0 Å². The summed E-state index contributed by atoms with van der Waals surface area (Å²) in [6.45, 7) is 0. The Kier molecular flexibility index (Phi) is 3.53. The van der Waals surface area contributed by atoms with Crippen LogP contribution in [0.15, 0.2) is 0 Å². The molecule has 0 aromatic heterocycles. The Morgan fingerprint density at radius 2 is 1.83 bits per heavy atom. The van der Waals surface area contributed by atoms with Crippen LogP contribution in [0.5, 0.6) is 0 Å². The lowest BCUT2D eigenvalue weighted by molar-refractivity contribution is -0.137. The first kappa shape index (κ1) is 9.99. The molecular formula is C8H13BrO3. The summed E-state index contributed by atoms with van der Waals surface area (Å²) in [6.07, 6.45) is 2.88. The normalized spacial score (nSPS) is 32.8. The summed E-state index contributed by atoms with van der Waals surface area (Å²) in [5, 5.41) is 17.9. The van der Waals surface area contributed by atoms with Gasteiger partial charge in [0.05, 0.1) is 6.10 Å². The first-order valence-electron chi connectivity index (χ1n) is 4.16. The molecule has 1 unspecified atom stereocenters. The van der Waals surface area contributed by atoms with Gasteiger partial charge in [0.1, 0.15) is 4.83 Å². The van der Waals surface area contributed by atoms with E-state index in [-0.39, 0.29) is 12.0 Å². The molecule has 0 aromatic carbocycles. The number of alkyl halides is 1. The van der Waals surface area contributed by atoms with Crippen LogP contribution in [0.3, 0.4) is 0 Å². The van der Waals surface area contributed by atoms with Gasteiger partial charge in [0.2, 0.25) is 0 Å². The minimum Gasteiger partial charge on any atom is -0.480 e. The number of carboxylic acids is 1. The third-order valence-electron chi connectivity index (χ3n) is 2.39. The number of hydrogen-bond acceptors (Lipinski definition) is 2. The van der Waals surface area contributed by atoms with Gasteiger partial charge in [0, 0.05) is 0 Å². The zero-order valence-corrected chi connectivity index (χ0v) is 8.33. The Bertz CT molecular complexity index is 164. The Morgan fingerprint density at radius 1 is 1.33 bits per heavy atom. The molecule has 0 radical (unpaired) electrons. The summed E-state index contributed by atoms with van der Waals surface area (Å²) >= 11 is 3.14. The number of carbonyl (C=O) groups is 1. The van der Waals surface area contributed by atoms with Crippen molar-refractivity contribution in [3.63, 3.8) is 0 Å². The average molecular weight is 237 g/mol. The van der Waals surface area contributed by atoms with Crippen LogP contribution < -0.4 is 0 Å². The van der Waals surface area contributed by atoms with Crippen molar-refractivity contribution in [1.29, 1.82) is 0 Å². The highest BCUT2D eigenvalue weighted by Gasteiger charge is 2.29. The fraction of sp³-hybridized carbons (Fsp3) is 0.875. The molecule has 4 heteroatoms. The van der Waals surface area contributed by atoms with Crippen molar-refractivity contribution >= 4 is 21.9 Å². The topological polar surface area (TPSA) is 57.5 Å². The molecule has 1 atom stereocenters. The minimum absolute atomic E-state index is 0.186. The fourth-order valence-corrected chi connectivity index (χ4v) is 2.12. The van der Waals surface area contributed by atoms with E-state index in [1.807, 2.05) is 0 Å². The van der Waals surface area contributed by atoms with E-state index in [2.05, 4.69) is 15.9 Å². The maximum absolute atomic E-state index is 10.6. The predicted octanol–water partition coefficient (Wildman–Crippen LogP) is 1.39. The highest BCUT2D eigenvalue weighted by molar-refractivity contribution is 9.10. The Hall–Kier alpha value is -0.0900. The van der Waals surface area contributed by atoms with E-state index >= 15 is 0 Å². The molecule has 0 bridgehead atoms. The molecule has 0 spiro atoms. The van der Waals surface area contributed by atoms with Crippen LogP contribution in [0, 0.1) is 5.92 Å². The highest BCUT2D eigenvalue weighted by Crippen LogP contribution is 2.30. The van der Waals surface area contributed by atoms with Gasteiger partial charge in [0.25, 0.3) is 0 Å². The van der Waals surface area contributed by atoms with Crippen molar-refractivity contribution < 1.29 is 15.0 Å². The smallest absolute Gasteiger partial charge is 0.317 e. The zero-order chi connectivity index (χ0) is 9.14. The molecule has 1 fully saturated rings. The molecule has 0 amide bonds. The number of aliphatic hydroxyl groups is 1. The van der Waals surface area contributed by atoms with Crippen LogP contribution in [0.2, 0.25) is 0 Å². The molecular weight excluding hydrogens is 224 g/mol. The Morgan fingerprint density at radius 3 is 2.25 bits per heavy atom. The number of rotatable bonds is 2. The fourth-order valence-electron chi connectivity index (χ4n) is 1.60. The van der Waals surface area contributed by atoms with Crippen molar-refractivity contribution in [3.8, 4) is 0 Å². The molecule has 1 aliphatic carbocycles. The van der Waals surface area contributed by atoms with E-state index in [9.17, 15) is 9.90 Å². The first-order chi connectivity index (χ1) is 5.61. The van der Waals surface area contributed by atoms with Crippen LogP contribution >= 0.6 is 15.9 Å². The molecule has 0 saturated heterocycles. The van der Waals surface area contributed by atoms with Crippen molar-refractivity contribution in [2.24, 2.45) is 5.92 Å². The largest absolute Gasteiger partial charge is 0.480 e. The third-order valence-corrected chi connectivity index (χ3v) is 3.53. The second-order valence-electron chi connectivity index (χ2n) is 3.31. The standard InChI is InChI=1S/C8H13BrO3/c9-7(8(11)12)5-1-3-6(10)4-2-5/h5-7,10H,1-4H2,(H,11,12). The van der Waals surface area contributed by atoms with E-state index in [0.29, 0.717) is 0 Å². The van der Waals surface area contributed by atoms with Gasteiger partial charge in [-0.15, -0.1) is 0 Å². The lowest BCUT2D eigenvalue weighted by Crippen LogP contribution is -2.29. The van der Waals surface area contributed by atoms with Gasteiger partial charge in [-0.05, 0) is 31.6 Å². The van der Waals surface area contributed by atoms with Gasteiger partial charge >= 0.3 is 5.97 Å². The lowest BCUT2D eigenvalue weighted by atomic mass is 9.85. The van der Waals surface area contributed by atoms with E-state index in [4.69, 9.17) is 5.11 Å². The van der Waals surface area contributed by atoms with Gasteiger partial charge in [-0.25, -0.2) is 0 Å². The lowest BCUT2D eigenvalue weighted by Gasteiger charge is -2.26. The zero-order valence-electron chi connectivity index (χ0n) is 6.74. The molecule has 0 heterocycles. The van der Waals surface area contributed by atoms with Crippen LogP contribution in [0.4, 0.5) is 0 Å². The van der Waals surface area contributed by atoms with Crippen LogP contribution in [0.25, 0.3) is 0 Å². The van der Waals surface area contributed by atoms with Crippen LogP contribution in [-0.2, 0) is 4.79 Å². The van der Waals surface area contributed by atoms with Gasteiger partial charge in [-0.2, -0.15) is 0 Å². The second kappa shape index (κ2) is 4.23. The molecule has 0 aromatic rings. The Labute approximate surface area is 79.9 Å². The first-order valence-corrected chi connectivity index (χ1v) is 5.07. The van der Waals surface area contributed by atoms with Crippen LogP contribution in [0.1, 0.15) is 25.7 Å². The van der Waals surface area contributed by atoms with Gasteiger partial charge < -0.3 is 10.2 Å². The highest BCUT2D eigenvalue weighted by atomic mass is 79.9. The number of halogens is 1.